The Balaban J connectivity index is -0.00000000500. The predicted octanol–water partition coefficient (Wildman–Crippen LogP) is -3.40. The molecule has 0 spiro atoms. The molecule has 0 unspecified atom stereocenters. The summed E-state index contributed by atoms with van der Waals surface area (Å²) in [5.74, 6) is 0. The van der Waals surface area contributed by atoms with Gasteiger partial charge in [0.05, 0.1) is 0 Å². The monoisotopic (exact) mass is 286 g/mol. The van der Waals surface area contributed by atoms with Crippen molar-refractivity contribution in [1.82, 2.24) is 0 Å². The Morgan fingerprint density at radius 3 is 1.25 bits per heavy atom. The van der Waals surface area contributed by atoms with Crippen molar-refractivity contribution in [2.75, 3.05) is 0 Å². The van der Waals surface area contributed by atoms with Crippen LogP contribution in [0.5, 0.6) is 0 Å². The minimum absolute atomic E-state index is 0. The fourth-order valence-corrected chi connectivity index (χ4v) is 0. The molecular weight excluding hydrogens is 277 g/mol. The third-order valence-corrected chi connectivity index (χ3v) is 0. The van der Waals surface area contributed by atoms with E-state index < -0.39 is 0 Å². The van der Waals surface area contributed by atoms with Crippen LogP contribution in [0.25, 0.3) is 0 Å². The summed E-state index contributed by atoms with van der Waals surface area (Å²) in [6.07, 6.45) is 0. The maximum absolute atomic E-state index is 8.28. The Hall–Kier alpha value is 2.00. The van der Waals surface area contributed by atoms with Gasteiger partial charge in [0.2, 0.25) is 0 Å². The van der Waals surface area contributed by atoms with E-state index in [4.69, 9.17) is 3.80 Å². The van der Waals surface area contributed by atoms with Crippen LogP contribution in [-0.2, 0) is 3.80 Å². The maximum atomic E-state index is 8.28. The van der Waals surface area contributed by atoms with Gasteiger partial charge in [0.1, 0.15) is 0 Å². The molecule has 0 saturated carbocycles. The average Bonchev–Trinajstić information content (AvgIpc) is 1.00. The Kier molecular flexibility index (Phi) is 83.3. The number of rotatable bonds is 0. The van der Waals surface area contributed by atoms with Crippen molar-refractivity contribution < 1.29 is 3.80 Å². The van der Waals surface area contributed by atoms with Crippen molar-refractivity contribution in [1.29, 1.82) is 0 Å². The van der Waals surface area contributed by atoms with E-state index in [1.54, 1.807) is 0 Å². The molecule has 4 heteroatoms. The topological polar surface area (TPSA) is 17.1 Å². The molecule has 0 radical (unpaired) electrons. The van der Waals surface area contributed by atoms with Gasteiger partial charge in [0.15, 0.2) is 0 Å². The van der Waals surface area contributed by atoms with Crippen molar-refractivity contribution in [3.63, 3.8) is 0 Å². The zero-order valence-corrected chi connectivity index (χ0v) is 2.53. The van der Waals surface area contributed by atoms with Gasteiger partial charge in [0, 0.05) is 0 Å². The molecule has 0 saturated heterocycles. The molecule has 0 bridgehead atoms. The SMILES string of the molecule is [InH3].[O]=[AlH].[SnH4]. The molecule has 24 valence electrons. The van der Waals surface area contributed by atoms with Crippen molar-refractivity contribution >= 4 is 66.0 Å². The first-order valence-corrected chi connectivity index (χ1v) is 0.866. The first kappa shape index (κ1) is 16.7. The molecule has 0 N–H and O–H groups in total. The molecule has 0 aromatic rings. The summed E-state index contributed by atoms with van der Waals surface area (Å²) in [6.45, 7) is 0. The van der Waals surface area contributed by atoms with Crippen LogP contribution >= 0.6 is 0 Å². The zero-order valence-electron chi connectivity index (χ0n) is 1.12. The number of hydrogen-bond donors (Lipinski definition) is 0. The summed E-state index contributed by atoms with van der Waals surface area (Å²) in [6, 6.07) is 0. The van der Waals surface area contributed by atoms with Crippen molar-refractivity contribution in [3.05, 3.63) is 0 Å². The van der Waals surface area contributed by atoms with Crippen LogP contribution in [0.3, 0.4) is 0 Å². The van der Waals surface area contributed by atoms with Crippen molar-refractivity contribution in [3.8, 4) is 0 Å². The van der Waals surface area contributed by atoms with Gasteiger partial charge in [-0.15, -0.1) is 0 Å². The molecule has 0 aliphatic carbocycles. The van der Waals surface area contributed by atoms with Gasteiger partial charge in [-0.05, 0) is 0 Å². The van der Waals surface area contributed by atoms with Gasteiger partial charge in [-0.3, -0.25) is 0 Å². The predicted molar refractivity (Wildman–Crippen MR) is 29.1 cm³/mol. The first-order valence-electron chi connectivity index (χ1n) is 0.289. The summed E-state index contributed by atoms with van der Waals surface area (Å²) in [4.78, 5) is 0. The molecule has 1 nitrogen and oxygen atoms in total. The fourth-order valence-electron chi connectivity index (χ4n) is 0. The van der Waals surface area contributed by atoms with E-state index in [0.717, 1.165) is 0 Å². The van der Waals surface area contributed by atoms with Crippen LogP contribution in [0.15, 0.2) is 0 Å². The average molecular weight is 285 g/mol. The van der Waals surface area contributed by atoms with Gasteiger partial charge < -0.3 is 0 Å². The van der Waals surface area contributed by atoms with Crippen LogP contribution in [0.2, 0.25) is 0 Å². The van der Waals surface area contributed by atoms with Gasteiger partial charge in [0.25, 0.3) is 0 Å². The van der Waals surface area contributed by atoms with Crippen molar-refractivity contribution in [2.45, 2.75) is 0 Å². The van der Waals surface area contributed by atoms with E-state index >= 15 is 0 Å². The quantitative estimate of drug-likeness (QED) is 0.424. The minimum atomic E-state index is 0. The third-order valence-electron chi connectivity index (χ3n) is 0. The summed E-state index contributed by atoms with van der Waals surface area (Å²) in [5.41, 5.74) is 0. The van der Waals surface area contributed by atoms with E-state index in [9.17, 15) is 0 Å². The Bertz CT molecular complexity index is 8.00. The molecule has 0 fully saturated rings. The molecule has 0 aromatic heterocycles. The molecule has 0 aromatic carbocycles. The van der Waals surface area contributed by atoms with Crippen LogP contribution in [0, 0.1) is 0 Å². The molecule has 4 heavy (non-hydrogen) atoms. The molecule has 0 aliphatic heterocycles. The van der Waals surface area contributed by atoms with Crippen molar-refractivity contribution in [2.24, 2.45) is 0 Å². The summed E-state index contributed by atoms with van der Waals surface area (Å²) in [5, 5.41) is 0. The first-order chi connectivity index (χ1) is 1.00. The molecule has 0 rings (SSSR count). The Labute approximate surface area is 68.9 Å². The Morgan fingerprint density at radius 1 is 1.25 bits per heavy atom. The summed E-state index contributed by atoms with van der Waals surface area (Å²) < 4.78 is 8.28. The van der Waals surface area contributed by atoms with Gasteiger partial charge >= 0.3 is 69.8 Å². The van der Waals surface area contributed by atoms with E-state index in [0.29, 0.717) is 16.2 Å². The van der Waals surface area contributed by atoms with Crippen LogP contribution in [-0.4, -0.2) is 66.0 Å². The molecule has 0 atom stereocenters. The van der Waals surface area contributed by atoms with Crippen LogP contribution in [0.4, 0.5) is 0 Å². The molecular formula is H8AlInOSn. The molecule has 0 amide bonds. The Morgan fingerprint density at radius 2 is 1.25 bits per heavy atom. The van der Waals surface area contributed by atoms with E-state index in [1.165, 1.54) is 0 Å². The standard InChI is InChI=1S/Al.In.O.Sn.8H. The van der Waals surface area contributed by atoms with Crippen LogP contribution in [0.1, 0.15) is 0 Å². The van der Waals surface area contributed by atoms with Gasteiger partial charge in [-0.2, -0.15) is 0 Å². The summed E-state index contributed by atoms with van der Waals surface area (Å²) >= 11 is 0.611. The second-order valence-electron chi connectivity index (χ2n) is 0. The fraction of sp³-hybridized carbons (Fsp3) is 0. The number of hydrogen-bond acceptors (Lipinski definition) is 1. The zero-order chi connectivity index (χ0) is 2.00. The normalized spacial score (nSPS) is 0.750. The van der Waals surface area contributed by atoms with Gasteiger partial charge in [-0.1, -0.05) is 0 Å². The van der Waals surface area contributed by atoms with E-state index in [2.05, 4.69) is 0 Å². The third kappa shape index (κ3) is 9.00. The van der Waals surface area contributed by atoms with E-state index in [1.807, 2.05) is 0 Å². The second-order valence-corrected chi connectivity index (χ2v) is 0. The van der Waals surface area contributed by atoms with Gasteiger partial charge in [-0.25, -0.2) is 0 Å². The molecule has 0 heterocycles. The summed E-state index contributed by atoms with van der Waals surface area (Å²) in [7, 11) is 0. The molecule has 0 aliphatic rings. The van der Waals surface area contributed by atoms with E-state index in [-0.39, 0.29) is 49.8 Å². The van der Waals surface area contributed by atoms with Crippen LogP contribution < -0.4 is 0 Å². The second kappa shape index (κ2) is 20.0.